The van der Waals surface area contributed by atoms with Gasteiger partial charge in [-0.3, -0.25) is 9.78 Å². The normalized spacial score (nSPS) is 31.4. The standard InChI is InChI=1S/C29H33FN2O4/c1-3-35-29(34)32-23-10-11-24-20(14-23)15-26-27(17(2)36-28(26)33)25(24)12-9-22-8-7-19(16-31-22)18-5-4-6-21(30)13-18/h4-9,12-13,16-17,20,23-27H,3,10-11,14-15H2,1-2H3,(H,32,34)/t17-,20+,23+,24+,25+,26-,27-/m1/s1. The first-order valence-corrected chi connectivity index (χ1v) is 13.0. The van der Waals surface area contributed by atoms with Gasteiger partial charge in [-0.15, -0.1) is 0 Å². The Bertz CT molecular complexity index is 1130. The number of fused-ring (bicyclic) bond motifs is 2. The SMILES string of the molecule is CCOC(=O)N[C@H]1CC[C@H]2[C@@H](C1)C[C@H]1C(=O)O[C@H](C)[C@@H]1[C@H]2C=Cc1ccc(-c2cccc(F)c2)cn1. The van der Waals surface area contributed by atoms with Crippen molar-refractivity contribution in [3.63, 3.8) is 0 Å². The van der Waals surface area contributed by atoms with E-state index < -0.39 is 0 Å². The minimum atomic E-state index is -0.368. The molecule has 1 amide bonds. The summed E-state index contributed by atoms with van der Waals surface area (Å²) in [6, 6.07) is 10.4. The highest BCUT2D eigenvalue weighted by Crippen LogP contribution is 2.53. The fourth-order valence-corrected chi connectivity index (χ4v) is 6.64. The fraction of sp³-hybridized carbons (Fsp3) is 0.483. The predicted molar refractivity (Wildman–Crippen MR) is 134 cm³/mol. The zero-order valence-electron chi connectivity index (χ0n) is 20.7. The molecule has 6 nitrogen and oxygen atoms in total. The van der Waals surface area contributed by atoms with Crippen LogP contribution in [0.1, 0.15) is 45.2 Å². The van der Waals surface area contributed by atoms with E-state index in [-0.39, 0.29) is 47.8 Å². The number of aromatic nitrogens is 1. The molecule has 1 aromatic carbocycles. The number of cyclic esters (lactones) is 1. The number of pyridine rings is 1. The molecule has 2 aromatic rings. The number of nitrogens with one attached hydrogen (secondary N) is 1. The van der Waals surface area contributed by atoms with E-state index in [4.69, 9.17) is 9.47 Å². The van der Waals surface area contributed by atoms with Crippen LogP contribution in [0.2, 0.25) is 0 Å². The number of carbonyl (C=O) groups is 2. The van der Waals surface area contributed by atoms with E-state index >= 15 is 0 Å². The summed E-state index contributed by atoms with van der Waals surface area (Å²) in [6.07, 6.45) is 9.07. The molecule has 36 heavy (non-hydrogen) atoms. The molecule has 3 fully saturated rings. The second-order valence-corrected chi connectivity index (χ2v) is 10.3. The zero-order chi connectivity index (χ0) is 25.2. The highest BCUT2D eigenvalue weighted by Gasteiger charge is 2.54. The Labute approximate surface area is 211 Å². The Kier molecular flexibility index (Phi) is 7.08. The van der Waals surface area contributed by atoms with E-state index in [2.05, 4.69) is 16.4 Å². The molecule has 190 valence electrons. The monoisotopic (exact) mass is 492 g/mol. The zero-order valence-corrected chi connectivity index (χ0v) is 20.7. The smallest absolute Gasteiger partial charge is 0.407 e. The van der Waals surface area contributed by atoms with Crippen molar-refractivity contribution >= 4 is 18.1 Å². The quantitative estimate of drug-likeness (QED) is 0.548. The molecule has 2 heterocycles. The summed E-state index contributed by atoms with van der Waals surface area (Å²) < 4.78 is 24.3. The number of amides is 1. The molecule has 0 spiro atoms. The molecule has 1 aromatic heterocycles. The summed E-state index contributed by atoms with van der Waals surface area (Å²) in [5.41, 5.74) is 2.48. The lowest BCUT2D eigenvalue weighted by Gasteiger charge is -2.47. The Morgan fingerprint density at radius 3 is 2.83 bits per heavy atom. The molecule has 2 aliphatic carbocycles. The minimum absolute atomic E-state index is 0.0679. The van der Waals surface area contributed by atoms with E-state index in [1.807, 2.05) is 31.2 Å². The lowest BCUT2D eigenvalue weighted by Crippen LogP contribution is -2.48. The highest BCUT2D eigenvalue weighted by molar-refractivity contribution is 5.75. The molecule has 1 saturated heterocycles. The summed E-state index contributed by atoms with van der Waals surface area (Å²) in [6.45, 7) is 4.15. The van der Waals surface area contributed by atoms with Gasteiger partial charge in [-0.25, -0.2) is 9.18 Å². The van der Waals surface area contributed by atoms with Crippen LogP contribution in [0.25, 0.3) is 17.2 Å². The number of alkyl carbamates (subject to hydrolysis) is 1. The van der Waals surface area contributed by atoms with Crippen molar-refractivity contribution in [1.29, 1.82) is 0 Å². The van der Waals surface area contributed by atoms with Crippen LogP contribution in [0.4, 0.5) is 9.18 Å². The number of hydrogen-bond acceptors (Lipinski definition) is 5. The Hall–Kier alpha value is -3.22. The maximum absolute atomic E-state index is 13.6. The van der Waals surface area contributed by atoms with Gasteiger partial charge in [-0.2, -0.15) is 0 Å². The van der Waals surface area contributed by atoms with Gasteiger partial charge < -0.3 is 14.8 Å². The van der Waals surface area contributed by atoms with E-state index in [0.29, 0.717) is 18.4 Å². The predicted octanol–water partition coefficient (Wildman–Crippen LogP) is 5.63. The van der Waals surface area contributed by atoms with Crippen LogP contribution < -0.4 is 5.32 Å². The van der Waals surface area contributed by atoms with Gasteiger partial charge in [0.15, 0.2) is 0 Å². The summed E-state index contributed by atoms with van der Waals surface area (Å²) in [5.74, 6) is 0.629. The van der Waals surface area contributed by atoms with Gasteiger partial charge in [-0.05, 0) is 87.1 Å². The third-order valence-corrected chi connectivity index (χ3v) is 8.18. The van der Waals surface area contributed by atoms with Crippen molar-refractivity contribution < 1.29 is 23.5 Å². The molecule has 0 radical (unpaired) electrons. The molecule has 1 N–H and O–H groups in total. The van der Waals surface area contributed by atoms with Crippen molar-refractivity contribution in [2.45, 2.75) is 51.7 Å². The number of hydrogen-bond donors (Lipinski definition) is 1. The number of rotatable bonds is 5. The first-order valence-electron chi connectivity index (χ1n) is 13.0. The number of nitrogens with zero attached hydrogens (tertiary/aromatic N) is 1. The number of esters is 1. The molecule has 0 unspecified atom stereocenters. The lowest BCUT2D eigenvalue weighted by atomic mass is 9.57. The van der Waals surface area contributed by atoms with Gasteiger partial charge in [0.1, 0.15) is 11.9 Å². The van der Waals surface area contributed by atoms with Gasteiger partial charge in [-0.1, -0.05) is 24.3 Å². The van der Waals surface area contributed by atoms with Crippen molar-refractivity contribution in [2.75, 3.05) is 6.61 Å². The van der Waals surface area contributed by atoms with E-state index in [1.165, 1.54) is 12.1 Å². The maximum atomic E-state index is 13.6. The third kappa shape index (κ3) is 5.01. The topological polar surface area (TPSA) is 77.5 Å². The van der Waals surface area contributed by atoms with Crippen LogP contribution in [-0.2, 0) is 14.3 Å². The average molecular weight is 493 g/mol. The summed E-state index contributed by atoms with van der Waals surface area (Å²) in [7, 11) is 0. The number of ether oxygens (including phenoxy) is 2. The third-order valence-electron chi connectivity index (χ3n) is 8.18. The molecule has 7 atom stereocenters. The largest absolute Gasteiger partial charge is 0.462 e. The Morgan fingerprint density at radius 2 is 2.08 bits per heavy atom. The fourth-order valence-electron chi connectivity index (χ4n) is 6.64. The maximum Gasteiger partial charge on any atom is 0.407 e. The molecular weight excluding hydrogens is 459 g/mol. The van der Waals surface area contributed by atoms with E-state index in [0.717, 1.165) is 42.5 Å². The minimum Gasteiger partial charge on any atom is -0.462 e. The van der Waals surface area contributed by atoms with Gasteiger partial charge >= 0.3 is 12.1 Å². The van der Waals surface area contributed by atoms with E-state index in [9.17, 15) is 14.0 Å². The van der Waals surface area contributed by atoms with Gasteiger partial charge in [0.05, 0.1) is 18.2 Å². The first-order chi connectivity index (χ1) is 17.4. The van der Waals surface area contributed by atoms with Gasteiger partial charge in [0, 0.05) is 23.7 Å². The first kappa shape index (κ1) is 24.5. The second kappa shape index (κ2) is 10.4. The number of halogens is 1. The Morgan fingerprint density at radius 1 is 1.22 bits per heavy atom. The van der Waals surface area contributed by atoms with Crippen LogP contribution in [0.3, 0.4) is 0 Å². The van der Waals surface area contributed by atoms with Crippen LogP contribution in [0, 0.1) is 35.4 Å². The number of benzene rings is 1. The summed E-state index contributed by atoms with van der Waals surface area (Å²) in [4.78, 5) is 29.2. The molecule has 5 rings (SSSR count). The van der Waals surface area contributed by atoms with Crippen LogP contribution in [0.5, 0.6) is 0 Å². The molecule has 7 heteroatoms. The van der Waals surface area contributed by atoms with Gasteiger partial charge in [0.25, 0.3) is 0 Å². The molecule has 3 aliphatic rings. The second-order valence-electron chi connectivity index (χ2n) is 10.3. The summed E-state index contributed by atoms with van der Waals surface area (Å²) >= 11 is 0. The van der Waals surface area contributed by atoms with Crippen molar-refractivity contribution in [3.05, 3.63) is 60.2 Å². The highest BCUT2D eigenvalue weighted by atomic mass is 19.1. The average Bonchev–Trinajstić information content (AvgIpc) is 3.15. The molecule has 2 saturated carbocycles. The molecule has 1 aliphatic heterocycles. The van der Waals surface area contributed by atoms with Crippen LogP contribution in [0.15, 0.2) is 48.7 Å². The van der Waals surface area contributed by atoms with Gasteiger partial charge in [0.2, 0.25) is 0 Å². The van der Waals surface area contributed by atoms with Crippen LogP contribution in [-0.4, -0.2) is 35.8 Å². The van der Waals surface area contributed by atoms with Crippen molar-refractivity contribution in [3.8, 4) is 11.1 Å². The number of allylic oxidation sites excluding steroid dienone is 1. The number of carbonyl (C=O) groups excluding carboxylic acids is 2. The van der Waals surface area contributed by atoms with Crippen molar-refractivity contribution in [1.82, 2.24) is 10.3 Å². The van der Waals surface area contributed by atoms with Crippen molar-refractivity contribution in [2.24, 2.45) is 29.6 Å². The summed E-state index contributed by atoms with van der Waals surface area (Å²) in [5, 5.41) is 3.00. The Balaban J connectivity index is 1.34. The molecule has 0 bridgehead atoms. The van der Waals surface area contributed by atoms with Crippen LogP contribution >= 0.6 is 0 Å². The lowest BCUT2D eigenvalue weighted by molar-refractivity contribution is -0.144. The van der Waals surface area contributed by atoms with E-state index in [1.54, 1.807) is 19.2 Å². The molecular formula is C29H33FN2O4.